The Labute approximate surface area is 290 Å². The summed E-state index contributed by atoms with van der Waals surface area (Å²) in [6.45, 7) is 0. The van der Waals surface area contributed by atoms with Crippen molar-refractivity contribution in [2.45, 2.75) is 0 Å². The molecule has 0 aliphatic heterocycles. The molecule has 0 aliphatic rings. The summed E-state index contributed by atoms with van der Waals surface area (Å²) in [6, 6.07) is 61.2. The second kappa shape index (κ2) is 12.7. The molecule has 0 unspecified atom stereocenters. The van der Waals surface area contributed by atoms with Crippen molar-refractivity contribution in [2.75, 3.05) is 0 Å². The molecular weight excluding hydrogens is 609 g/mol. The van der Waals surface area contributed by atoms with E-state index in [0.717, 1.165) is 60.6 Å². The summed E-state index contributed by atoms with van der Waals surface area (Å²) in [6.07, 6.45) is 1.83. The van der Waals surface area contributed by atoms with Gasteiger partial charge in [0.1, 0.15) is 0 Å². The van der Waals surface area contributed by atoms with Crippen molar-refractivity contribution in [1.29, 1.82) is 0 Å². The van der Waals surface area contributed by atoms with Crippen LogP contribution in [-0.2, 0) is 0 Å². The molecule has 234 valence electrons. The Bertz CT molecular complexity index is 2620. The Hall–Kier alpha value is -6.78. The average Bonchev–Trinajstić information content (AvgIpc) is 3.21. The molecule has 0 aliphatic carbocycles. The number of aromatic nitrogens is 4. The highest BCUT2D eigenvalue weighted by Crippen LogP contribution is 2.32. The second-order valence-corrected chi connectivity index (χ2v) is 12.4. The molecule has 0 fully saturated rings. The van der Waals surface area contributed by atoms with Gasteiger partial charge in [-0.2, -0.15) is 0 Å². The van der Waals surface area contributed by atoms with E-state index in [1.807, 2.05) is 48.7 Å². The first kappa shape index (κ1) is 29.4. The van der Waals surface area contributed by atoms with Gasteiger partial charge in [-0.15, -0.1) is 0 Å². The van der Waals surface area contributed by atoms with Crippen LogP contribution in [0.3, 0.4) is 0 Å². The van der Waals surface area contributed by atoms with Crippen LogP contribution in [0.15, 0.2) is 182 Å². The van der Waals surface area contributed by atoms with Crippen LogP contribution in [0.5, 0.6) is 0 Å². The molecule has 4 heteroatoms. The van der Waals surface area contributed by atoms with Crippen molar-refractivity contribution in [3.8, 4) is 67.5 Å². The Balaban J connectivity index is 1.08. The van der Waals surface area contributed by atoms with Gasteiger partial charge in [0.25, 0.3) is 0 Å². The number of hydrogen-bond donors (Lipinski definition) is 0. The lowest BCUT2D eigenvalue weighted by molar-refractivity contribution is 1.07. The molecule has 2 heterocycles. The highest BCUT2D eigenvalue weighted by Gasteiger charge is 2.14. The number of fused-ring (bicyclic) bond motifs is 2. The Morgan fingerprint density at radius 3 is 1.30 bits per heavy atom. The van der Waals surface area contributed by atoms with E-state index >= 15 is 0 Å². The van der Waals surface area contributed by atoms with E-state index < -0.39 is 0 Å². The largest absolute Gasteiger partial charge is 0.256 e. The summed E-state index contributed by atoms with van der Waals surface area (Å²) < 4.78 is 0. The minimum absolute atomic E-state index is 0.637. The van der Waals surface area contributed by atoms with Gasteiger partial charge in [-0.25, -0.2) is 15.0 Å². The van der Waals surface area contributed by atoms with Crippen LogP contribution in [-0.4, -0.2) is 19.9 Å². The van der Waals surface area contributed by atoms with E-state index in [1.165, 1.54) is 11.1 Å². The maximum Gasteiger partial charge on any atom is 0.164 e. The lowest BCUT2D eigenvalue weighted by Gasteiger charge is -2.11. The van der Waals surface area contributed by atoms with Crippen LogP contribution >= 0.6 is 0 Å². The zero-order valence-electron chi connectivity index (χ0n) is 27.1. The minimum Gasteiger partial charge on any atom is -0.256 e. The van der Waals surface area contributed by atoms with Gasteiger partial charge in [0.05, 0.1) is 5.52 Å². The summed E-state index contributed by atoms with van der Waals surface area (Å²) in [4.78, 5) is 19.5. The summed E-state index contributed by atoms with van der Waals surface area (Å²) in [7, 11) is 0. The third kappa shape index (κ3) is 5.80. The molecule has 0 N–H and O–H groups in total. The van der Waals surface area contributed by atoms with Crippen molar-refractivity contribution in [3.63, 3.8) is 0 Å². The monoisotopic (exact) mass is 638 g/mol. The van der Waals surface area contributed by atoms with Crippen molar-refractivity contribution in [3.05, 3.63) is 182 Å². The molecule has 0 saturated heterocycles. The first-order chi connectivity index (χ1) is 24.7. The number of nitrogens with zero attached hydrogens (tertiary/aromatic N) is 4. The Morgan fingerprint density at radius 2 is 0.680 bits per heavy atom. The van der Waals surface area contributed by atoms with Crippen molar-refractivity contribution in [2.24, 2.45) is 0 Å². The molecule has 9 aromatic rings. The van der Waals surface area contributed by atoms with Crippen LogP contribution in [0.25, 0.3) is 89.2 Å². The number of pyridine rings is 1. The highest BCUT2D eigenvalue weighted by molar-refractivity contribution is 5.92. The van der Waals surface area contributed by atoms with Crippen molar-refractivity contribution >= 4 is 21.7 Å². The van der Waals surface area contributed by atoms with Gasteiger partial charge in [-0.05, 0) is 74.5 Å². The predicted octanol–water partition coefficient (Wildman–Crippen LogP) is 11.6. The van der Waals surface area contributed by atoms with E-state index in [1.54, 1.807) is 0 Å². The molecule has 9 rings (SSSR count). The topological polar surface area (TPSA) is 51.6 Å². The Kier molecular flexibility index (Phi) is 7.45. The van der Waals surface area contributed by atoms with Crippen LogP contribution in [0.4, 0.5) is 0 Å². The fraction of sp³-hybridized carbons (Fsp3) is 0. The van der Waals surface area contributed by atoms with E-state index in [-0.39, 0.29) is 0 Å². The fourth-order valence-electron chi connectivity index (χ4n) is 6.47. The quantitative estimate of drug-likeness (QED) is 0.182. The molecule has 7 aromatic carbocycles. The molecule has 0 atom stereocenters. The summed E-state index contributed by atoms with van der Waals surface area (Å²) in [5, 5.41) is 3.40. The molecule has 0 radical (unpaired) electrons. The summed E-state index contributed by atoms with van der Waals surface area (Å²) >= 11 is 0. The standard InChI is InChI=1S/C46H30N4/c1-3-8-31(9-4-1)32-13-15-33(16-14-32)34-17-21-37(22-18-34)45-48-44(36-10-5-2-6-11-36)49-46(50-45)41-24-20-35-19-23-38(29-42(35)30-41)39-25-26-43-40(28-39)12-7-27-47-43/h1-30H. The third-order valence-corrected chi connectivity index (χ3v) is 9.17. The zero-order chi connectivity index (χ0) is 33.3. The highest BCUT2D eigenvalue weighted by atomic mass is 15.0. The maximum absolute atomic E-state index is 5.04. The van der Waals surface area contributed by atoms with Crippen LogP contribution in [0.1, 0.15) is 0 Å². The van der Waals surface area contributed by atoms with Crippen LogP contribution in [0, 0.1) is 0 Å². The van der Waals surface area contributed by atoms with Gasteiger partial charge in [0.2, 0.25) is 0 Å². The maximum atomic E-state index is 5.04. The van der Waals surface area contributed by atoms with Gasteiger partial charge in [-0.3, -0.25) is 4.98 Å². The molecule has 0 amide bonds. The van der Waals surface area contributed by atoms with Crippen LogP contribution < -0.4 is 0 Å². The third-order valence-electron chi connectivity index (χ3n) is 9.17. The van der Waals surface area contributed by atoms with E-state index in [2.05, 4.69) is 138 Å². The van der Waals surface area contributed by atoms with Crippen molar-refractivity contribution in [1.82, 2.24) is 19.9 Å². The van der Waals surface area contributed by atoms with Gasteiger partial charge in [0, 0.05) is 28.3 Å². The van der Waals surface area contributed by atoms with Crippen molar-refractivity contribution < 1.29 is 0 Å². The summed E-state index contributed by atoms with van der Waals surface area (Å²) in [5.41, 5.74) is 10.8. The normalized spacial score (nSPS) is 11.2. The molecule has 2 aromatic heterocycles. The van der Waals surface area contributed by atoms with E-state index in [4.69, 9.17) is 15.0 Å². The second-order valence-electron chi connectivity index (χ2n) is 12.4. The molecular formula is C46H30N4. The summed E-state index contributed by atoms with van der Waals surface area (Å²) in [5.74, 6) is 1.92. The molecule has 4 nitrogen and oxygen atoms in total. The van der Waals surface area contributed by atoms with Gasteiger partial charge < -0.3 is 0 Å². The van der Waals surface area contributed by atoms with Crippen LogP contribution in [0.2, 0.25) is 0 Å². The number of rotatable bonds is 6. The minimum atomic E-state index is 0.637. The number of benzene rings is 7. The molecule has 0 bridgehead atoms. The molecule has 0 spiro atoms. The zero-order valence-corrected chi connectivity index (χ0v) is 27.1. The predicted molar refractivity (Wildman–Crippen MR) is 205 cm³/mol. The first-order valence-corrected chi connectivity index (χ1v) is 16.7. The van der Waals surface area contributed by atoms with Gasteiger partial charge >= 0.3 is 0 Å². The smallest absolute Gasteiger partial charge is 0.164 e. The first-order valence-electron chi connectivity index (χ1n) is 16.7. The lowest BCUT2D eigenvalue weighted by atomic mass is 9.98. The fourth-order valence-corrected chi connectivity index (χ4v) is 6.47. The molecule has 0 saturated carbocycles. The van der Waals surface area contributed by atoms with E-state index in [0.29, 0.717) is 17.5 Å². The van der Waals surface area contributed by atoms with E-state index in [9.17, 15) is 0 Å². The Morgan fingerprint density at radius 1 is 0.260 bits per heavy atom. The molecule has 50 heavy (non-hydrogen) atoms. The van der Waals surface area contributed by atoms with Gasteiger partial charge in [-0.1, -0.05) is 146 Å². The van der Waals surface area contributed by atoms with Gasteiger partial charge in [0.15, 0.2) is 17.5 Å². The average molecular weight is 639 g/mol. The number of hydrogen-bond acceptors (Lipinski definition) is 4. The lowest BCUT2D eigenvalue weighted by Crippen LogP contribution is -2.00. The SMILES string of the molecule is c1ccc(-c2ccc(-c3ccc(-c4nc(-c5ccccc5)nc(-c5ccc6ccc(-c7ccc8ncccc8c7)cc6c5)n4)cc3)cc2)cc1.